The molecule has 0 bridgehead atoms. The summed E-state index contributed by atoms with van der Waals surface area (Å²) in [7, 11) is 0. The Morgan fingerprint density at radius 3 is 2.54 bits per heavy atom. The molecular weight excluding hydrogens is 356 g/mol. The topological polar surface area (TPSA) is 71.8 Å². The summed E-state index contributed by atoms with van der Waals surface area (Å²) in [4.78, 5) is 26.5. The number of para-hydroxylation sites is 1. The standard InChI is InChI=1S/C22H28N2O4/c1-2-3-11-23-12-9-17(10-13-23)14-24-15-19(22(26)27)21(25)20(16-24)28-18-7-5-4-6-8-18/h4-8,15-17H,2-3,9-14H2,1H3,(H,26,27). The Balaban J connectivity index is 1.74. The molecule has 1 aliphatic heterocycles. The fraction of sp³-hybridized carbons (Fsp3) is 0.455. The average Bonchev–Trinajstić information content (AvgIpc) is 2.70. The van der Waals surface area contributed by atoms with Crippen LogP contribution < -0.4 is 10.2 Å². The number of rotatable bonds is 8. The summed E-state index contributed by atoms with van der Waals surface area (Å²) in [5, 5.41) is 9.43. The van der Waals surface area contributed by atoms with Crippen LogP contribution >= 0.6 is 0 Å². The first kappa shape index (κ1) is 20.1. The second-order valence-corrected chi connectivity index (χ2v) is 7.42. The van der Waals surface area contributed by atoms with Gasteiger partial charge in [0.05, 0.1) is 6.20 Å². The molecule has 1 aromatic heterocycles. The minimum absolute atomic E-state index is 0.0477. The van der Waals surface area contributed by atoms with Crippen LogP contribution in [0.5, 0.6) is 11.5 Å². The lowest BCUT2D eigenvalue weighted by Gasteiger charge is -2.32. The zero-order valence-corrected chi connectivity index (χ0v) is 16.3. The molecule has 150 valence electrons. The number of benzene rings is 1. The molecule has 2 heterocycles. The summed E-state index contributed by atoms with van der Waals surface area (Å²) in [5.41, 5.74) is -0.851. The van der Waals surface area contributed by atoms with Crippen LogP contribution in [0.25, 0.3) is 0 Å². The van der Waals surface area contributed by atoms with Gasteiger partial charge in [-0.25, -0.2) is 4.79 Å². The van der Waals surface area contributed by atoms with E-state index in [-0.39, 0.29) is 11.3 Å². The molecular formula is C22H28N2O4. The van der Waals surface area contributed by atoms with Crippen LogP contribution in [0.1, 0.15) is 43.0 Å². The number of carboxylic acid groups (broad SMARTS) is 1. The molecule has 0 aliphatic carbocycles. The molecule has 0 radical (unpaired) electrons. The smallest absolute Gasteiger partial charge is 0.341 e. The van der Waals surface area contributed by atoms with Gasteiger partial charge in [-0.2, -0.15) is 0 Å². The molecule has 2 aromatic rings. The van der Waals surface area contributed by atoms with Gasteiger partial charge >= 0.3 is 5.97 Å². The molecule has 0 amide bonds. The third-order valence-electron chi connectivity index (χ3n) is 5.25. The highest BCUT2D eigenvalue weighted by atomic mass is 16.5. The maximum absolute atomic E-state index is 12.5. The van der Waals surface area contributed by atoms with E-state index in [1.807, 2.05) is 6.07 Å². The number of piperidine rings is 1. The van der Waals surface area contributed by atoms with Crippen molar-refractivity contribution in [1.29, 1.82) is 0 Å². The molecule has 1 N–H and O–H groups in total. The number of carboxylic acids is 1. The van der Waals surface area contributed by atoms with Crippen LogP contribution in [0.4, 0.5) is 0 Å². The predicted molar refractivity (Wildman–Crippen MR) is 108 cm³/mol. The van der Waals surface area contributed by atoms with Crippen molar-refractivity contribution in [2.24, 2.45) is 5.92 Å². The molecule has 0 unspecified atom stereocenters. The van der Waals surface area contributed by atoms with Crippen molar-refractivity contribution in [1.82, 2.24) is 9.47 Å². The van der Waals surface area contributed by atoms with Gasteiger partial charge in [-0.1, -0.05) is 31.5 Å². The van der Waals surface area contributed by atoms with Crippen LogP contribution in [0, 0.1) is 5.92 Å². The van der Waals surface area contributed by atoms with Gasteiger partial charge in [0.25, 0.3) is 0 Å². The van der Waals surface area contributed by atoms with E-state index in [2.05, 4.69) is 11.8 Å². The molecule has 1 aliphatic rings. The molecule has 3 rings (SSSR count). The Kier molecular flexibility index (Phi) is 6.87. The Morgan fingerprint density at radius 2 is 1.89 bits per heavy atom. The summed E-state index contributed by atoms with van der Waals surface area (Å²) >= 11 is 0. The normalized spacial score (nSPS) is 15.5. The Labute approximate surface area is 165 Å². The van der Waals surface area contributed by atoms with Crippen molar-refractivity contribution < 1.29 is 14.6 Å². The van der Waals surface area contributed by atoms with Crippen molar-refractivity contribution in [3.8, 4) is 11.5 Å². The highest BCUT2D eigenvalue weighted by molar-refractivity contribution is 5.87. The second kappa shape index (κ2) is 9.55. The maximum Gasteiger partial charge on any atom is 0.341 e. The van der Waals surface area contributed by atoms with Gasteiger partial charge in [0.2, 0.25) is 5.43 Å². The summed E-state index contributed by atoms with van der Waals surface area (Å²) in [6.07, 6.45) is 7.66. The lowest BCUT2D eigenvalue weighted by Crippen LogP contribution is -2.35. The number of aromatic carboxylic acids is 1. The monoisotopic (exact) mass is 384 g/mol. The molecule has 0 saturated carbocycles. The van der Waals surface area contributed by atoms with Gasteiger partial charge in [-0.05, 0) is 56.9 Å². The second-order valence-electron chi connectivity index (χ2n) is 7.42. The number of hydrogen-bond donors (Lipinski definition) is 1. The third kappa shape index (κ3) is 5.23. The number of ether oxygens (including phenoxy) is 1. The molecule has 0 atom stereocenters. The van der Waals surface area contributed by atoms with Crippen LogP contribution in [-0.4, -0.2) is 40.2 Å². The predicted octanol–water partition coefficient (Wildman–Crippen LogP) is 3.85. The van der Waals surface area contributed by atoms with E-state index < -0.39 is 11.4 Å². The van der Waals surface area contributed by atoms with E-state index in [0.29, 0.717) is 18.2 Å². The zero-order chi connectivity index (χ0) is 19.9. The molecule has 1 aromatic carbocycles. The number of likely N-dealkylation sites (tertiary alicyclic amines) is 1. The van der Waals surface area contributed by atoms with E-state index in [1.54, 1.807) is 35.0 Å². The Bertz CT molecular complexity index is 839. The van der Waals surface area contributed by atoms with Crippen molar-refractivity contribution in [3.05, 3.63) is 58.5 Å². The highest BCUT2D eigenvalue weighted by Crippen LogP contribution is 2.22. The van der Waals surface area contributed by atoms with Gasteiger partial charge in [-0.3, -0.25) is 4.79 Å². The van der Waals surface area contributed by atoms with Crippen LogP contribution in [-0.2, 0) is 6.54 Å². The van der Waals surface area contributed by atoms with E-state index in [9.17, 15) is 14.7 Å². The van der Waals surface area contributed by atoms with Gasteiger partial charge in [0.15, 0.2) is 5.75 Å². The lowest BCUT2D eigenvalue weighted by molar-refractivity contribution is 0.0693. The number of aromatic nitrogens is 1. The maximum atomic E-state index is 12.5. The van der Waals surface area contributed by atoms with Crippen LogP contribution in [0.3, 0.4) is 0 Å². The molecule has 1 saturated heterocycles. The van der Waals surface area contributed by atoms with Crippen molar-refractivity contribution in [3.63, 3.8) is 0 Å². The van der Waals surface area contributed by atoms with Crippen molar-refractivity contribution in [2.45, 2.75) is 39.2 Å². The quantitative estimate of drug-likeness (QED) is 0.748. The minimum atomic E-state index is -1.23. The Morgan fingerprint density at radius 1 is 1.18 bits per heavy atom. The van der Waals surface area contributed by atoms with Gasteiger partial charge in [0.1, 0.15) is 11.3 Å². The molecule has 28 heavy (non-hydrogen) atoms. The first-order valence-corrected chi connectivity index (χ1v) is 9.99. The summed E-state index contributed by atoms with van der Waals surface area (Å²) < 4.78 is 7.49. The van der Waals surface area contributed by atoms with E-state index in [1.165, 1.54) is 19.0 Å². The number of carbonyl (C=O) groups is 1. The largest absolute Gasteiger partial charge is 0.477 e. The first-order valence-electron chi connectivity index (χ1n) is 9.99. The molecule has 6 nitrogen and oxygen atoms in total. The minimum Gasteiger partial charge on any atom is -0.477 e. The lowest BCUT2D eigenvalue weighted by atomic mass is 9.96. The number of nitrogens with zero attached hydrogens (tertiary/aromatic N) is 2. The SMILES string of the molecule is CCCCN1CCC(Cn2cc(Oc3ccccc3)c(=O)c(C(=O)O)c2)CC1. The third-order valence-corrected chi connectivity index (χ3v) is 5.25. The van der Waals surface area contributed by atoms with Gasteiger partial charge < -0.3 is 19.3 Å². The van der Waals surface area contributed by atoms with Crippen LogP contribution in [0.2, 0.25) is 0 Å². The first-order chi connectivity index (χ1) is 13.6. The van der Waals surface area contributed by atoms with Gasteiger partial charge in [0, 0.05) is 12.7 Å². The fourth-order valence-corrected chi connectivity index (χ4v) is 3.62. The highest BCUT2D eigenvalue weighted by Gasteiger charge is 2.21. The summed E-state index contributed by atoms with van der Waals surface area (Å²) in [6.45, 7) is 6.19. The van der Waals surface area contributed by atoms with Crippen molar-refractivity contribution >= 4 is 5.97 Å². The molecule has 6 heteroatoms. The number of unbranched alkanes of at least 4 members (excludes halogenated alkanes) is 1. The molecule has 0 spiro atoms. The van der Waals surface area contributed by atoms with E-state index in [4.69, 9.17) is 4.74 Å². The van der Waals surface area contributed by atoms with E-state index in [0.717, 1.165) is 32.5 Å². The zero-order valence-electron chi connectivity index (χ0n) is 16.3. The Hall–Kier alpha value is -2.60. The van der Waals surface area contributed by atoms with Gasteiger partial charge in [-0.15, -0.1) is 0 Å². The summed E-state index contributed by atoms with van der Waals surface area (Å²) in [5.74, 6) is -0.206. The van der Waals surface area contributed by atoms with E-state index >= 15 is 0 Å². The molecule has 1 fully saturated rings. The van der Waals surface area contributed by atoms with Crippen molar-refractivity contribution in [2.75, 3.05) is 19.6 Å². The summed E-state index contributed by atoms with van der Waals surface area (Å²) in [6, 6.07) is 8.95. The number of hydrogen-bond acceptors (Lipinski definition) is 4. The number of pyridine rings is 1. The van der Waals surface area contributed by atoms with Crippen LogP contribution in [0.15, 0.2) is 47.5 Å². The fourth-order valence-electron chi connectivity index (χ4n) is 3.62. The average molecular weight is 384 g/mol.